The average molecular weight is 360 g/mol. The number of aromatic amines is 1. The molecule has 3 N–H and O–H groups in total. The molecule has 0 aliphatic heterocycles. The van der Waals surface area contributed by atoms with Crippen molar-refractivity contribution < 1.29 is 17.9 Å². The van der Waals surface area contributed by atoms with Crippen LogP contribution in [0.3, 0.4) is 0 Å². The third-order valence-electron chi connectivity index (χ3n) is 3.68. The summed E-state index contributed by atoms with van der Waals surface area (Å²) in [5, 5.41) is 10.3. The number of ether oxygens (including phenoxy) is 1. The van der Waals surface area contributed by atoms with E-state index in [0.717, 1.165) is 10.9 Å². The van der Waals surface area contributed by atoms with Gasteiger partial charge in [0.25, 0.3) is 5.91 Å². The lowest BCUT2D eigenvalue weighted by molar-refractivity contribution is 0.102. The lowest BCUT2D eigenvalue weighted by atomic mass is 10.2. The van der Waals surface area contributed by atoms with Crippen molar-refractivity contribution in [3.63, 3.8) is 0 Å². The number of rotatable bonds is 5. The number of fused-ring (bicyclic) bond motifs is 1. The number of hydrogen-bond acceptors (Lipinski definition) is 5. The minimum Gasteiger partial charge on any atom is -0.495 e. The summed E-state index contributed by atoms with van der Waals surface area (Å²) in [6, 6.07) is 9.51. The molecule has 130 valence electrons. The molecule has 0 aliphatic carbocycles. The van der Waals surface area contributed by atoms with E-state index < -0.39 is 15.9 Å². The molecule has 1 amide bonds. The van der Waals surface area contributed by atoms with E-state index in [-0.39, 0.29) is 16.2 Å². The zero-order chi connectivity index (χ0) is 18.0. The number of carbonyl (C=O) groups is 1. The summed E-state index contributed by atoms with van der Waals surface area (Å²) in [6.07, 6.45) is 1.65. The third kappa shape index (κ3) is 3.32. The lowest BCUT2D eigenvalue weighted by Gasteiger charge is -2.11. The highest BCUT2D eigenvalue weighted by Gasteiger charge is 2.20. The van der Waals surface area contributed by atoms with Crippen LogP contribution in [0, 0.1) is 0 Å². The third-order valence-corrected chi connectivity index (χ3v) is 5.12. The van der Waals surface area contributed by atoms with Gasteiger partial charge in [0.1, 0.15) is 10.6 Å². The number of anilines is 1. The van der Waals surface area contributed by atoms with Crippen LogP contribution in [0.5, 0.6) is 5.75 Å². The number of carbonyl (C=O) groups excluding carboxylic acids is 1. The maximum atomic E-state index is 12.5. The monoisotopic (exact) mass is 360 g/mol. The van der Waals surface area contributed by atoms with E-state index in [2.05, 4.69) is 20.2 Å². The van der Waals surface area contributed by atoms with Crippen LogP contribution in [-0.4, -0.2) is 38.7 Å². The molecule has 0 saturated carbocycles. The summed E-state index contributed by atoms with van der Waals surface area (Å²) < 4.78 is 31.5. The van der Waals surface area contributed by atoms with Crippen molar-refractivity contribution in [3.05, 3.63) is 48.2 Å². The molecule has 2 aromatic carbocycles. The molecule has 8 nitrogen and oxygen atoms in total. The largest absolute Gasteiger partial charge is 0.495 e. The molecule has 0 aliphatic rings. The SMILES string of the molecule is CNS(=O)(=O)c1cc(C(=O)Nc2ccc3[nH]ncc3c2)ccc1OC. The zero-order valence-electron chi connectivity index (χ0n) is 13.5. The van der Waals surface area contributed by atoms with Crippen molar-refractivity contribution in [2.24, 2.45) is 0 Å². The van der Waals surface area contributed by atoms with Crippen LogP contribution < -0.4 is 14.8 Å². The van der Waals surface area contributed by atoms with Gasteiger partial charge in [-0.1, -0.05) is 0 Å². The van der Waals surface area contributed by atoms with E-state index in [1.54, 1.807) is 24.4 Å². The van der Waals surface area contributed by atoms with Crippen LogP contribution in [0.4, 0.5) is 5.69 Å². The number of aromatic nitrogens is 2. The van der Waals surface area contributed by atoms with Crippen molar-refractivity contribution in [1.29, 1.82) is 0 Å². The first-order valence-corrected chi connectivity index (χ1v) is 8.79. The molecule has 0 unspecified atom stereocenters. The van der Waals surface area contributed by atoms with Gasteiger partial charge in [-0.25, -0.2) is 13.1 Å². The maximum Gasteiger partial charge on any atom is 0.255 e. The normalized spacial score (nSPS) is 11.4. The Morgan fingerprint density at radius 1 is 1.20 bits per heavy atom. The van der Waals surface area contributed by atoms with Crippen LogP contribution in [0.2, 0.25) is 0 Å². The Balaban J connectivity index is 1.92. The second-order valence-corrected chi connectivity index (χ2v) is 7.05. The Hall–Kier alpha value is -2.91. The van der Waals surface area contributed by atoms with Gasteiger partial charge >= 0.3 is 0 Å². The number of sulfonamides is 1. The van der Waals surface area contributed by atoms with E-state index in [9.17, 15) is 13.2 Å². The molecule has 0 bridgehead atoms. The van der Waals surface area contributed by atoms with E-state index in [0.29, 0.717) is 5.69 Å². The molecule has 1 aromatic heterocycles. The fourth-order valence-electron chi connectivity index (χ4n) is 2.36. The van der Waals surface area contributed by atoms with Crippen molar-refractivity contribution in [2.75, 3.05) is 19.5 Å². The van der Waals surface area contributed by atoms with Gasteiger partial charge in [0.2, 0.25) is 10.0 Å². The second-order valence-electron chi connectivity index (χ2n) is 5.20. The molecule has 0 atom stereocenters. The molecule has 0 spiro atoms. The van der Waals surface area contributed by atoms with Crippen molar-refractivity contribution >= 4 is 32.5 Å². The Bertz CT molecular complexity index is 1040. The highest BCUT2D eigenvalue weighted by atomic mass is 32.2. The summed E-state index contributed by atoms with van der Waals surface area (Å²) in [5.74, 6) is -0.274. The van der Waals surface area contributed by atoms with Crippen LogP contribution in [0.15, 0.2) is 47.5 Å². The summed E-state index contributed by atoms with van der Waals surface area (Å²) in [6.45, 7) is 0. The second kappa shape index (κ2) is 6.54. The van der Waals surface area contributed by atoms with Crippen LogP contribution in [-0.2, 0) is 10.0 Å². The maximum absolute atomic E-state index is 12.5. The first kappa shape index (κ1) is 16.9. The van der Waals surface area contributed by atoms with Gasteiger partial charge in [-0.05, 0) is 43.4 Å². The van der Waals surface area contributed by atoms with Gasteiger partial charge in [-0.2, -0.15) is 5.10 Å². The molecule has 1 heterocycles. The van der Waals surface area contributed by atoms with Gasteiger partial charge in [-0.15, -0.1) is 0 Å². The smallest absolute Gasteiger partial charge is 0.255 e. The number of H-pyrrole nitrogens is 1. The van der Waals surface area contributed by atoms with Crippen molar-refractivity contribution in [1.82, 2.24) is 14.9 Å². The summed E-state index contributed by atoms with van der Waals surface area (Å²) in [4.78, 5) is 12.4. The Labute approximate surface area is 144 Å². The van der Waals surface area contributed by atoms with Crippen LogP contribution >= 0.6 is 0 Å². The molecule has 0 radical (unpaired) electrons. The predicted octanol–water partition coefficient (Wildman–Crippen LogP) is 1.73. The molecule has 0 fully saturated rings. The number of nitrogens with zero attached hydrogens (tertiary/aromatic N) is 1. The first-order chi connectivity index (χ1) is 11.9. The fraction of sp³-hybridized carbons (Fsp3) is 0.125. The number of hydrogen-bond donors (Lipinski definition) is 3. The molecule has 9 heteroatoms. The summed E-state index contributed by atoms with van der Waals surface area (Å²) in [5.41, 5.74) is 1.62. The molecular formula is C16H16N4O4S. The Morgan fingerprint density at radius 3 is 2.72 bits per heavy atom. The summed E-state index contributed by atoms with van der Waals surface area (Å²) >= 11 is 0. The highest BCUT2D eigenvalue weighted by molar-refractivity contribution is 7.89. The number of methoxy groups -OCH3 is 1. The molecule has 0 saturated heterocycles. The van der Waals surface area contributed by atoms with Crippen molar-refractivity contribution in [2.45, 2.75) is 4.90 Å². The minimum absolute atomic E-state index is 0.101. The molecule has 25 heavy (non-hydrogen) atoms. The minimum atomic E-state index is -3.76. The number of benzene rings is 2. The first-order valence-electron chi connectivity index (χ1n) is 7.30. The standard InChI is InChI=1S/C16H16N4O4S/c1-17-25(22,23)15-8-10(3-6-14(15)24-2)16(21)19-12-4-5-13-11(7-12)9-18-20-13/h3-9,17H,1-2H3,(H,18,20)(H,19,21). The van der Waals surface area contributed by atoms with Gasteiger partial charge in [0, 0.05) is 16.6 Å². The lowest BCUT2D eigenvalue weighted by Crippen LogP contribution is -2.20. The average Bonchev–Trinajstić information content (AvgIpc) is 3.08. The van der Waals surface area contributed by atoms with Gasteiger partial charge in [0.15, 0.2) is 0 Å². The highest BCUT2D eigenvalue weighted by Crippen LogP contribution is 2.25. The van der Waals surface area contributed by atoms with Crippen LogP contribution in [0.1, 0.15) is 10.4 Å². The fourth-order valence-corrected chi connectivity index (χ4v) is 3.28. The van der Waals surface area contributed by atoms with Gasteiger partial charge in [0.05, 0.1) is 18.8 Å². The van der Waals surface area contributed by atoms with E-state index in [1.165, 1.54) is 32.4 Å². The van der Waals surface area contributed by atoms with E-state index in [1.807, 2.05) is 0 Å². The van der Waals surface area contributed by atoms with Crippen LogP contribution in [0.25, 0.3) is 10.9 Å². The predicted molar refractivity (Wildman–Crippen MR) is 93.3 cm³/mol. The van der Waals surface area contributed by atoms with Gasteiger partial charge in [-0.3, -0.25) is 9.89 Å². The quantitative estimate of drug-likeness (QED) is 0.641. The Morgan fingerprint density at radius 2 is 2.00 bits per heavy atom. The number of nitrogens with one attached hydrogen (secondary N) is 3. The molecular weight excluding hydrogens is 344 g/mol. The zero-order valence-corrected chi connectivity index (χ0v) is 14.3. The van der Waals surface area contributed by atoms with E-state index >= 15 is 0 Å². The van der Waals surface area contributed by atoms with E-state index in [4.69, 9.17) is 4.74 Å². The van der Waals surface area contributed by atoms with Gasteiger partial charge < -0.3 is 10.1 Å². The Kier molecular flexibility index (Phi) is 4.43. The topological polar surface area (TPSA) is 113 Å². The number of amides is 1. The summed E-state index contributed by atoms with van der Waals surface area (Å²) in [7, 11) is -1.10. The molecule has 3 aromatic rings. The molecule has 3 rings (SSSR count). The van der Waals surface area contributed by atoms with Crippen molar-refractivity contribution in [3.8, 4) is 5.75 Å².